The average Bonchev–Trinajstić information content (AvgIpc) is 2.80. The van der Waals surface area contributed by atoms with E-state index in [1.54, 1.807) is 29.5 Å². The smallest absolute Gasteiger partial charge is 0.124 e. The molecule has 0 fully saturated rings. The van der Waals surface area contributed by atoms with Gasteiger partial charge in [-0.2, -0.15) is 0 Å². The van der Waals surface area contributed by atoms with Gasteiger partial charge in [0.05, 0.1) is 4.88 Å². The summed E-state index contributed by atoms with van der Waals surface area (Å²) >= 11 is 13.3. The maximum atomic E-state index is 8.69. The highest BCUT2D eigenvalue weighted by Gasteiger charge is 2.04. The van der Waals surface area contributed by atoms with Crippen LogP contribution in [0.25, 0.3) is 0 Å². The summed E-state index contributed by atoms with van der Waals surface area (Å²) in [7, 11) is 0. The van der Waals surface area contributed by atoms with Gasteiger partial charge in [-0.05, 0) is 29.6 Å². The molecule has 1 aromatic carbocycles. The summed E-state index contributed by atoms with van der Waals surface area (Å²) in [6.07, 6.45) is 0. The van der Waals surface area contributed by atoms with Crippen LogP contribution < -0.4 is 4.74 Å². The molecule has 0 saturated heterocycles. The molecule has 2 rings (SSSR count). The highest BCUT2D eigenvalue weighted by molar-refractivity contribution is 7.10. The van der Waals surface area contributed by atoms with Gasteiger partial charge in [-0.3, -0.25) is 0 Å². The second kappa shape index (κ2) is 6.83. The zero-order chi connectivity index (χ0) is 13.7. The number of ether oxygens (including phenoxy) is 1. The van der Waals surface area contributed by atoms with Crippen molar-refractivity contribution in [1.82, 2.24) is 0 Å². The summed E-state index contributed by atoms with van der Waals surface area (Å²) in [5.41, 5.74) is 0.868. The first-order chi connectivity index (χ1) is 9.19. The molecule has 0 radical (unpaired) electrons. The van der Waals surface area contributed by atoms with Crippen molar-refractivity contribution in [1.29, 1.82) is 0 Å². The number of aliphatic hydroxyl groups is 1. The number of hydrogen-bond donors (Lipinski definition) is 1. The molecule has 0 atom stereocenters. The molecule has 98 valence electrons. The van der Waals surface area contributed by atoms with Crippen LogP contribution in [0.1, 0.15) is 10.4 Å². The Morgan fingerprint density at radius 2 is 1.95 bits per heavy atom. The Kier molecular flexibility index (Phi) is 5.12. The van der Waals surface area contributed by atoms with Crippen LogP contribution in [0.15, 0.2) is 29.6 Å². The minimum atomic E-state index is -0.153. The molecule has 0 saturated carbocycles. The molecule has 0 bridgehead atoms. The number of rotatable bonds is 3. The molecule has 0 amide bonds. The van der Waals surface area contributed by atoms with Crippen LogP contribution in [0, 0.1) is 11.8 Å². The van der Waals surface area contributed by atoms with Crippen LogP contribution in [0.3, 0.4) is 0 Å². The van der Waals surface area contributed by atoms with E-state index in [-0.39, 0.29) is 6.61 Å². The highest BCUT2D eigenvalue weighted by Crippen LogP contribution is 2.26. The van der Waals surface area contributed by atoms with Crippen molar-refractivity contribution < 1.29 is 9.84 Å². The fourth-order valence-electron chi connectivity index (χ4n) is 1.46. The first-order valence-electron chi connectivity index (χ1n) is 5.44. The fourth-order valence-corrected chi connectivity index (χ4v) is 2.71. The fraction of sp³-hybridized carbons (Fsp3) is 0.143. The van der Waals surface area contributed by atoms with Gasteiger partial charge in [0, 0.05) is 15.6 Å². The van der Waals surface area contributed by atoms with Crippen LogP contribution in [0.5, 0.6) is 5.75 Å². The molecule has 1 heterocycles. The van der Waals surface area contributed by atoms with Gasteiger partial charge in [-0.1, -0.05) is 35.0 Å². The van der Waals surface area contributed by atoms with Gasteiger partial charge in [-0.15, -0.1) is 11.3 Å². The topological polar surface area (TPSA) is 29.5 Å². The van der Waals surface area contributed by atoms with E-state index < -0.39 is 0 Å². The Bertz CT molecular complexity index is 606. The van der Waals surface area contributed by atoms with Crippen molar-refractivity contribution in [3.8, 4) is 17.6 Å². The minimum absolute atomic E-state index is 0.153. The van der Waals surface area contributed by atoms with Crippen LogP contribution in [0.2, 0.25) is 10.0 Å². The molecule has 2 nitrogen and oxygen atoms in total. The van der Waals surface area contributed by atoms with Crippen LogP contribution in [-0.4, -0.2) is 11.7 Å². The molecule has 19 heavy (non-hydrogen) atoms. The van der Waals surface area contributed by atoms with Crippen molar-refractivity contribution in [2.45, 2.75) is 6.61 Å². The Hall–Kier alpha value is -1.18. The molecule has 1 N–H and O–H groups in total. The third-order valence-corrected chi connectivity index (χ3v) is 3.58. The van der Waals surface area contributed by atoms with Crippen molar-refractivity contribution in [3.05, 3.63) is 50.1 Å². The lowest BCUT2D eigenvalue weighted by Crippen LogP contribution is -1.95. The monoisotopic (exact) mass is 312 g/mol. The number of hydrogen-bond acceptors (Lipinski definition) is 3. The van der Waals surface area contributed by atoms with E-state index in [1.807, 2.05) is 11.4 Å². The molecular weight excluding hydrogens is 303 g/mol. The van der Waals surface area contributed by atoms with E-state index in [1.165, 1.54) is 0 Å². The summed E-state index contributed by atoms with van der Waals surface area (Å²) in [5, 5.41) is 11.7. The molecule has 0 aliphatic heterocycles. The normalized spacial score (nSPS) is 9.84. The molecule has 1 aromatic heterocycles. The lowest BCUT2D eigenvalue weighted by molar-refractivity contribution is 0.309. The number of benzene rings is 1. The first kappa shape index (κ1) is 14.2. The van der Waals surface area contributed by atoms with Crippen molar-refractivity contribution in [2.24, 2.45) is 0 Å². The SMILES string of the molecule is OCC#Cc1ccsc1COc1cc(Cl)cc(Cl)c1. The predicted molar refractivity (Wildman–Crippen MR) is 79.1 cm³/mol. The first-order valence-corrected chi connectivity index (χ1v) is 7.07. The summed E-state index contributed by atoms with van der Waals surface area (Å²) < 4.78 is 5.64. The molecule has 0 unspecified atom stereocenters. The van der Waals surface area contributed by atoms with Gasteiger partial charge in [0.15, 0.2) is 0 Å². The van der Waals surface area contributed by atoms with E-state index in [9.17, 15) is 0 Å². The number of aliphatic hydroxyl groups excluding tert-OH is 1. The Balaban J connectivity index is 2.08. The van der Waals surface area contributed by atoms with Crippen LogP contribution in [-0.2, 0) is 6.61 Å². The third kappa shape index (κ3) is 4.15. The average molecular weight is 313 g/mol. The second-order valence-corrected chi connectivity index (χ2v) is 5.48. The zero-order valence-corrected chi connectivity index (χ0v) is 12.1. The second-order valence-electron chi connectivity index (χ2n) is 3.61. The van der Waals surface area contributed by atoms with E-state index in [4.69, 9.17) is 33.0 Å². The van der Waals surface area contributed by atoms with Gasteiger partial charge >= 0.3 is 0 Å². The Morgan fingerprint density at radius 1 is 1.21 bits per heavy atom. The molecule has 2 aromatic rings. The van der Waals surface area contributed by atoms with Gasteiger partial charge in [0.1, 0.15) is 19.0 Å². The third-order valence-electron chi connectivity index (χ3n) is 2.25. The maximum Gasteiger partial charge on any atom is 0.124 e. The van der Waals surface area contributed by atoms with E-state index in [2.05, 4.69) is 11.8 Å². The summed E-state index contributed by atoms with van der Waals surface area (Å²) in [6.45, 7) is 0.240. The van der Waals surface area contributed by atoms with Crippen LogP contribution >= 0.6 is 34.5 Å². The standard InChI is InChI=1S/C14H10Cl2O2S/c15-11-6-12(16)8-13(7-11)18-9-14-10(2-1-4-17)3-5-19-14/h3,5-8,17H,4,9H2. The Labute approximate surface area is 125 Å². The van der Waals surface area contributed by atoms with Gasteiger partial charge in [0.2, 0.25) is 0 Å². The zero-order valence-electron chi connectivity index (χ0n) is 9.82. The summed E-state index contributed by atoms with van der Waals surface area (Å²) in [6, 6.07) is 6.97. The summed E-state index contributed by atoms with van der Waals surface area (Å²) in [5.74, 6) is 6.12. The van der Waals surface area contributed by atoms with Gasteiger partial charge < -0.3 is 9.84 Å². The predicted octanol–water partition coefficient (Wildman–Crippen LogP) is 3.98. The van der Waals surface area contributed by atoms with Crippen molar-refractivity contribution >= 4 is 34.5 Å². The van der Waals surface area contributed by atoms with E-state index >= 15 is 0 Å². The largest absolute Gasteiger partial charge is 0.488 e. The molecular formula is C14H10Cl2O2S. The van der Waals surface area contributed by atoms with E-state index in [0.717, 1.165) is 10.4 Å². The van der Waals surface area contributed by atoms with Crippen molar-refractivity contribution in [2.75, 3.05) is 6.61 Å². The highest BCUT2D eigenvalue weighted by atomic mass is 35.5. The molecule has 0 aliphatic rings. The van der Waals surface area contributed by atoms with E-state index in [0.29, 0.717) is 22.4 Å². The number of thiophene rings is 1. The lowest BCUT2D eigenvalue weighted by atomic mass is 10.2. The molecule has 0 spiro atoms. The summed E-state index contributed by atoms with van der Waals surface area (Å²) in [4.78, 5) is 0.997. The van der Waals surface area contributed by atoms with Gasteiger partial charge in [0.25, 0.3) is 0 Å². The maximum absolute atomic E-state index is 8.69. The molecule has 5 heteroatoms. The minimum Gasteiger partial charge on any atom is -0.488 e. The van der Waals surface area contributed by atoms with Crippen molar-refractivity contribution in [3.63, 3.8) is 0 Å². The number of halogens is 2. The lowest BCUT2D eigenvalue weighted by Gasteiger charge is -2.06. The van der Waals surface area contributed by atoms with Gasteiger partial charge in [-0.25, -0.2) is 0 Å². The quantitative estimate of drug-likeness (QED) is 0.869. The van der Waals surface area contributed by atoms with Crippen LogP contribution in [0.4, 0.5) is 0 Å². The molecule has 0 aliphatic carbocycles. The Morgan fingerprint density at radius 3 is 2.63 bits per heavy atom.